The molecule has 6 rings (SSSR count). The van der Waals surface area contributed by atoms with E-state index in [1.807, 2.05) is 51.3 Å². The summed E-state index contributed by atoms with van der Waals surface area (Å²) in [5, 5.41) is 8.23. The summed E-state index contributed by atoms with van der Waals surface area (Å²) in [6.07, 6.45) is 14.9. The molecule has 1 aliphatic carbocycles. The Labute approximate surface area is 291 Å². The second-order valence-electron chi connectivity index (χ2n) is 14.2. The summed E-state index contributed by atoms with van der Waals surface area (Å²) in [5.41, 5.74) is 3.43. The number of nitrogens with one attached hydrogen (secondary N) is 2. The van der Waals surface area contributed by atoms with Crippen LogP contribution in [0.25, 0.3) is 16.3 Å². The lowest BCUT2D eigenvalue weighted by Crippen LogP contribution is -2.56. The van der Waals surface area contributed by atoms with Crippen molar-refractivity contribution in [3.8, 4) is 0 Å². The first-order valence-corrected chi connectivity index (χ1v) is 18.0. The lowest BCUT2D eigenvalue weighted by molar-refractivity contribution is 0.180. The zero-order valence-corrected chi connectivity index (χ0v) is 29.6. The van der Waals surface area contributed by atoms with E-state index in [-0.39, 0.29) is 11.4 Å². The number of nitrogens with zero attached hydrogens (tertiary/aromatic N) is 4. The van der Waals surface area contributed by atoms with Crippen LogP contribution in [0.4, 0.5) is 8.78 Å². The van der Waals surface area contributed by atoms with Crippen LogP contribution in [0.3, 0.4) is 0 Å². The molecule has 4 aliphatic rings. The maximum Gasteiger partial charge on any atom is 0.156 e. The van der Waals surface area contributed by atoms with Gasteiger partial charge in [0.05, 0.1) is 11.4 Å². The number of rotatable bonds is 12. The van der Waals surface area contributed by atoms with Gasteiger partial charge in [-0.15, -0.1) is 6.58 Å². The fourth-order valence-corrected chi connectivity index (χ4v) is 8.87. The summed E-state index contributed by atoms with van der Waals surface area (Å²) in [6.45, 7) is 20.3. The van der Waals surface area contributed by atoms with Crippen molar-refractivity contribution in [1.29, 1.82) is 0 Å². The van der Waals surface area contributed by atoms with Crippen LogP contribution in [0.1, 0.15) is 75.0 Å². The molecule has 0 saturated carbocycles. The fraction of sp³-hybridized carbons (Fsp3) is 0.463. The Kier molecular flexibility index (Phi) is 10.3. The van der Waals surface area contributed by atoms with Crippen molar-refractivity contribution in [3.05, 3.63) is 101 Å². The van der Waals surface area contributed by atoms with Crippen molar-refractivity contribution in [2.45, 2.75) is 82.7 Å². The molecule has 3 heterocycles. The normalized spacial score (nSPS) is 24.0. The number of aryl methyl sites for hydroxylation is 2. The Morgan fingerprint density at radius 3 is 2.51 bits per heavy atom. The molecule has 3 saturated heterocycles. The Morgan fingerprint density at radius 2 is 1.82 bits per heavy atom. The standard InChI is InChI=1S/C41H52F2N6/c1-7-31-35(42)16-13-30-25-28(3)26-34(36(30)31)32-14-15-33(39(45-6)48-22-10-17-40(8-2,27-48)47-29(4)44-5)38(37(32)43)46-21-9-18-41-19-11-23-49(41)24-12-20-41/h8,13-16,25-26,44,47H,2,4,6-7,9-12,17-24,27H2,1,3,5H3/b39-33+,46-38?. The third-order valence-electron chi connectivity index (χ3n) is 11.3. The first kappa shape index (κ1) is 34.8. The first-order valence-electron chi connectivity index (χ1n) is 18.0. The van der Waals surface area contributed by atoms with Gasteiger partial charge in [0.1, 0.15) is 17.3 Å². The van der Waals surface area contributed by atoms with E-state index in [2.05, 4.69) is 45.3 Å². The van der Waals surface area contributed by atoms with Gasteiger partial charge < -0.3 is 15.5 Å². The molecule has 0 spiro atoms. The van der Waals surface area contributed by atoms with E-state index in [4.69, 9.17) is 4.99 Å². The van der Waals surface area contributed by atoms with Gasteiger partial charge in [0.25, 0.3) is 0 Å². The average Bonchev–Trinajstić information content (AvgIpc) is 3.68. The average molecular weight is 667 g/mol. The lowest BCUT2D eigenvalue weighted by Gasteiger charge is -2.43. The smallest absolute Gasteiger partial charge is 0.156 e. The minimum atomic E-state index is -0.446. The van der Waals surface area contributed by atoms with Crippen LogP contribution in [0.2, 0.25) is 0 Å². The van der Waals surface area contributed by atoms with Gasteiger partial charge in [-0.05, 0) is 124 Å². The maximum atomic E-state index is 17.3. The third-order valence-corrected chi connectivity index (χ3v) is 11.3. The number of piperidine rings is 1. The second kappa shape index (κ2) is 14.4. The Morgan fingerprint density at radius 1 is 1.06 bits per heavy atom. The van der Waals surface area contributed by atoms with Crippen LogP contribution in [0.5, 0.6) is 0 Å². The molecule has 1 unspecified atom stereocenters. The predicted octanol–water partition coefficient (Wildman–Crippen LogP) is 8.16. The van der Waals surface area contributed by atoms with Crippen LogP contribution in [0, 0.1) is 12.7 Å². The molecule has 3 fully saturated rings. The van der Waals surface area contributed by atoms with Gasteiger partial charge in [-0.1, -0.05) is 43.9 Å². The van der Waals surface area contributed by atoms with Gasteiger partial charge in [0.2, 0.25) is 0 Å². The molecule has 0 aromatic heterocycles. The van der Waals surface area contributed by atoms with Crippen molar-refractivity contribution in [2.75, 3.05) is 39.8 Å². The molecule has 0 bridgehead atoms. The number of hydrogen-bond acceptors (Lipinski definition) is 6. The van der Waals surface area contributed by atoms with Crippen molar-refractivity contribution in [3.63, 3.8) is 0 Å². The summed E-state index contributed by atoms with van der Waals surface area (Å²) in [4.78, 5) is 14.4. The molecule has 3 aliphatic heterocycles. The number of likely N-dealkylation sites (tertiary alicyclic amines) is 1. The Bertz CT molecular complexity index is 1760. The molecule has 6 nitrogen and oxygen atoms in total. The third kappa shape index (κ3) is 6.64. The van der Waals surface area contributed by atoms with E-state index < -0.39 is 11.4 Å². The van der Waals surface area contributed by atoms with Crippen molar-refractivity contribution in [2.24, 2.45) is 9.98 Å². The summed E-state index contributed by atoms with van der Waals surface area (Å²) in [7, 11) is 1.83. The zero-order valence-electron chi connectivity index (χ0n) is 29.6. The summed E-state index contributed by atoms with van der Waals surface area (Å²) < 4.78 is 32.5. The largest absolute Gasteiger partial charge is 0.375 e. The number of benzene rings is 2. The SMILES string of the molecule is C=CC1(NC(=C)NC)CCCN(/C(N=C)=C2\C=CC(c3cc(C)cc4ccc(F)c(CC)c34)=C(F)C2=NCCCC23CCCN2CCC3)C1. The lowest BCUT2D eigenvalue weighted by atomic mass is 9.86. The highest BCUT2D eigenvalue weighted by Gasteiger charge is 2.43. The number of fused-ring (bicyclic) bond motifs is 2. The Hall–Kier alpha value is -4.04. The van der Waals surface area contributed by atoms with E-state index in [9.17, 15) is 0 Å². The molecule has 2 aromatic carbocycles. The summed E-state index contributed by atoms with van der Waals surface area (Å²) in [6, 6.07) is 7.31. The minimum absolute atomic E-state index is 0.272. The minimum Gasteiger partial charge on any atom is -0.375 e. The molecule has 0 amide bonds. The first-order chi connectivity index (χ1) is 23.7. The predicted molar refractivity (Wildman–Crippen MR) is 201 cm³/mol. The van der Waals surface area contributed by atoms with E-state index in [0.29, 0.717) is 59.1 Å². The van der Waals surface area contributed by atoms with Crippen LogP contribution < -0.4 is 10.6 Å². The highest BCUT2D eigenvalue weighted by molar-refractivity contribution is 6.21. The van der Waals surface area contributed by atoms with Crippen LogP contribution in [-0.2, 0) is 6.42 Å². The van der Waals surface area contributed by atoms with E-state index >= 15 is 8.78 Å². The highest BCUT2D eigenvalue weighted by atomic mass is 19.1. The number of hydrogen-bond donors (Lipinski definition) is 2. The number of aliphatic imine (C=N–C) groups is 2. The van der Waals surface area contributed by atoms with Crippen LogP contribution in [0.15, 0.2) is 88.7 Å². The van der Waals surface area contributed by atoms with Gasteiger partial charge in [0, 0.05) is 43.4 Å². The summed E-state index contributed by atoms with van der Waals surface area (Å²) >= 11 is 0. The molecule has 2 aromatic rings. The van der Waals surface area contributed by atoms with Crippen LogP contribution >= 0.6 is 0 Å². The van der Waals surface area contributed by atoms with Crippen molar-refractivity contribution in [1.82, 2.24) is 20.4 Å². The van der Waals surface area contributed by atoms with Crippen molar-refractivity contribution >= 4 is 28.8 Å². The van der Waals surface area contributed by atoms with Gasteiger partial charge in [-0.2, -0.15) is 0 Å². The quantitative estimate of drug-likeness (QED) is 0.136. The topological polar surface area (TPSA) is 55.3 Å². The molecular formula is C41H52F2N6. The molecule has 8 heteroatoms. The van der Waals surface area contributed by atoms with E-state index in [1.54, 1.807) is 6.07 Å². The molecular weight excluding hydrogens is 614 g/mol. The van der Waals surface area contributed by atoms with Gasteiger partial charge >= 0.3 is 0 Å². The van der Waals surface area contributed by atoms with Crippen LogP contribution in [-0.4, -0.2) is 73.1 Å². The van der Waals surface area contributed by atoms with E-state index in [0.717, 1.165) is 48.6 Å². The van der Waals surface area contributed by atoms with E-state index in [1.165, 1.54) is 44.8 Å². The number of allylic oxidation sites excluding steroid dienone is 5. The van der Waals surface area contributed by atoms with Gasteiger partial charge in [-0.3, -0.25) is 9.89 Å². The second-order valence-corrected chi connectivity index (χ2v) is 14.2. The molecule has 2 N–H and O–H groups in total. The van der Waals surface area contributed by atoms with Crippen molar-refractivity contribution < 1.29 is 8.78 Å². The fourth-order valence-electron chi connectivity index (χ4n) is 8.87. The Balaban J connectivity index is 1.43. The molecule has 49 heavy (non-hydrogen) atoms. The molecule has 0 radical (unpaired) electrons. The van der Waals surface area contributed by atoms with Gasteiger partial charge in [0.15, 0.2) is 5.83 Å². The monoisotopic (exact) mass is 666 g/mol. The number of halogens is 2. The molecule has 260 valence electrons. The van der Waals surface area contributed by atoms with Gasteiger partial charge in [-0.25, -0.2) is 13.8 Å². The maximum absolute atomic E-state index is 17.3. The highest BCUT2D eigenvalue weighted by Crippen LogP contribution is 2.42. The molecule has 1 atom stereocenters. The zero-order chi connectivity index (χ0) is 34.8. The summed E-state index contributed by atoms with van der Waals surface area (Å²) in [5.74, 6) is 0.618.